The minimum Gasteiger partial charge on any atom is -0.344 e. The smallest absolute Gasteiger partial charge is 0.128 e. The van der Waals surface area contributed by atoms with E-state index in [4.69, 9.17) is 0 Å². The van der Waals surface area contributed by atoms with Gasteiger partial charge in [-0.15, -0.1) is 0 Å². The molecule has 0 rings (SSSR count). The van der Waals surface area contributed by atoms with E-state index in [1.54, 1.807) is 0 Å². The summed E-state index contributed by atoms with van der Waals surface area (Å²) in [6, 6.07) is 0. The molecule has 0 saturated carbocycles. The average Bonchev–Trinajstić information content (AvgIpc) is 1.97. The van der Waals surface area contributed by atoms with E-state index in [1.807, 2.05) is 7.05 Å². The maximum absolute atomic E-state index is 3.17. The number of rotatable bonds is 6. The monoisotopic (exact) mass is 161 g/mol. The number of likely N-dealkylation sites (N-methyl/N-ethyl adjacent to an activating group) is 3. The van der Waals surface area contributed by atoms with Crippen LogP contribution in [0, 0.1) is 0 Å². The Balaban J connectivity index is 3.43. The van der Waals surface area contributed by atoms with Crippen molar-refractivity contribution in [2.24, 2.45) is 0 Å². The summed E-state index contributed by atoms with van der Waals surface area (Å²) in [5.74, 6) is 0. The summed E-state index contributed by atoms with van der Waals surface area (Å²) >= 11 is 0. The van der Waals surface area contributed by atoms with Crippen molar-refractivity contribution in [1.82, 2.24) is 5.32 Å². The third kappa shape index (κ3) is 6.28. The molecule has 3 N–H and O–H groups in total. The molecule has 0 radical (unpaired) electrons. The maximum Gasteiger partial charge on any atom is 0.128 e. The fourth-order valence-electron chi connectivity index (χ4n) is 1.00. The lowest BCUT2D eigenvalue weighted by Crippen LogP contribution is -2.82. The first-order chi connectivity index (χ1) is 5.12. The van der Waals surface area contributed by atoms with Crippen LogP contribution < -0.4 is 10.6 Å². The van der Waals surface area contributed by atoms with Crippen molar-refractivity contribution in [3.63, 3.8) is 0 Å². The molecule has 0 unspecified atom stereocenters. The summed E-state index contributed by atoms with van der Waals surface area (Å²) in [6.45, 7) is 4.79. The molecule has 0 spiro atoms. The highest BCUT2D eigenvalue weighted by Crippen LogP contribution is 1.91. The first-order valence-corrected chi connectivity index (χ1v) is 4.37. The quantitative estimate of drug-likeness (QED) is 0.455. The molecule has 0 bridgehead atoms. The molecule has 0 aromatic rings. The van der Waals surface area contributed by atoms with Gasteiger partial charge >= 0.3 is 0 Å². The fraction of sp³-hybridized carbons (Fsp3) is 1.00. The summed E-state index contributed by atoms with van der Waals surface area (Å²) in [7, 11) is 8.69. The van der Waals surface area contributed by atoms with E-state index in [2.05, 4.69) is 31.8 Å². The second-order valence-electron chi connectivity index (χ2n) is 3.68. The molecular formula is C8H23N3+2. The summed E-state index contributed by atoms with van der Waals surface area (Å²) in [4.78, 5) is 0. The van der Waals surface area contributed by atoms with Gasteiger partial charge in [0.15, 0.2) is 0 Å². The molecule has 0 amide bonds. The Morgan fingerprint density at radius 3 is 2.36 bits per heavy atom. The van der Waals surface area contributed by atoms with Gasteiger partial charge in [-0.05, 0) is 7.05 Å². The zero-order chi connectivity index (χ0) is 8.74. The molecule has 0 saturated heterocycles. The molecule has 0 aliphatic rings. The Kier molecular flexibility index (Phi) is 5.46. The third-order valence-corrected chi connectivity index (χ3v) is 1.99. The molecule has 3 heteroatoms. The Morgan fingerprint density at radius 2 is 1.91 bits per heavy atom. The molecule has 68 valence electrons. The van der Waals surface area contributed by atoms with Gasteiger partial charge in [-0.2, -0.15) is 0 Å². The molecule has 0 fully saturated rings. The van der Waals surface area contributed by atoms with Gasteiger partial charge in [0.05, 0.1) is 27.7 Å². The van der Waals surface area contributed by atoms with Crippen LogP contribution in [0.25, 0.3) is 0 Å². The van der Waals surface area contributed by atoms with Crippen molar-refractivity contribution in [2.75, 3.05) is 54.4 Å². The molecule has 3 nitrogen and oxygen atoms in total. The highest BCUT2D eigenvalue weighted by atomic mass is 15.3. The van der Waals surface area contributed by atoms with Crippen LogP contribution in [0.15, 0.2) is 0 Å². The van der Waals surface area contributed by atoms with E-state index in [0.29, 0.717) is 0 Å². The van der Waals surface area contributed by atoms with Crippen molar-refractivity contribution in [1.29, 1.82) is 0 Å². The Morgan fingerprint density at radius 1 is 1.27 bits per heavy atom. The van der Waals surface area contributed by atoms with E-state index in [1.165, 1.54) is 19.6 Å². The number of nitrogens with two attached hydrogens (primary N) is 1. The maximum atomic E-state index is 3.17. The van der Waals surface area contributed by atoms with Gasteiger partial charge in [-0.3, -0.25) is 0 Å². The SMILES string of the molecule is CNCC[N+](C)(C)CC[NH2+]C. The average molecular weight is 161 g/mol. The fourth-order valence-corrected chi connectivity index (χ4v) is 1.00. The highest BCUT2D eigenvalue weighted by molar-refractivity contribution is 4.37. The minimum atomic E-state index is 1.11. The largest absolute Gasteiger partial charge is 0.344 e. The molecule has 0 aromatic carbocycles. The van der Waals surface area contributed by atoms with Gasteiger partial charge in [0.2, 0.25) is 0 Å². The second-order valence-corrected chi connectivity index (χ2v) is 3.68. The first-order valence-electron chi connectivity index (χ1n) is 4.37. The molecular weight excluding hydrogens is 138 g/mol. The molecule has 0 heterocycles. The summed E-state index contributed by atoms with van der Waals surface area (Å²) < 4.78 is 1.12. The minimum absolute atomic E-state index is 1.11. The van der Waals surface area contributed by atoms with E-state index in [-0.39, 0.29) is 0 Å². The van der Waals surface area contributed by atoms with Crippen molar-refractivity contribution in [3.05, 3.63) is 0 Å². The molecule has 0 atom stereocenters. The Hall–Kier alpha value is -0.120. The van der Waals surface area contributed by atoms with Crippen LogP contribution >= 0.6 is 0 Å². The number of hydrogen-bond donors (Lipinski definition) is 2. The van der Waals surface area contributed by atoms with Gasteiger partial charge in [-0.1, -0.05) is 0 Å². The molecule has 11 heavy (non-hydrogen) atoms. The lowest BCUT2D eigenvalue weighted by molar-refractivity contribution is -0.900. The number of nitrogens with one attached hydrogen (secondary N) is 1. The van der Waals surface area contributed by atoms with Crippen LogP contribution in [0.5, 0.6) is 0 Å². The van der Waals surface area contributed by atoms with Crippen LogP contribution in [0.1, 0.15) is 0 Å². The zero-order valence-electron chi connectivity index (χ0n) is 8.35. The van der Waals surface area contributed by atoms with Crippen LogP contribution in [-0.4, -0.2) is 58.9 Å². The van der Waals surface area contributed by atoms with Crippen LogP contribution in [0.3, 0.4) is 0 Å². The predicted molar refractivity (Wildman–Crippen MR) is 48.5 cm³/mol. The molecule has 0 aromatic heterocycles. The zero-order valence-corrected chi connectivity index (χ0v) is 8.35. The standard InChI is InChI=1S/C8H22N3/c1-9-5-7-11(3,4)8-6-10-2/h9-10H,5-8H2,1-4H3/q+1/p+1. The van der Waals surface area contributed by atoms with Crippen molar-refractivity contribution < 1.29 is 9.80 Å². The lowest BCUT2D eigenvalue weighted by atomic mass is 10.4. The van der Waals surface area contributed by atoms with Crippen molar-refractivity contribution in [2.45, 2.75) is 0 Å². The number of quaternary nitrogens is 2. The third-order valence-electron chi connectivity index (χ3n) is 1.99. The summed E-state index contributed by atoms with van der Waals surface area (Å²) in [5.41, 5.74) is 0. The number of nitrogens with zero attached hydrogens (tertiary/aromatic N) is 1. The first kappa shape index (κ1) is 10.9. The van der Waals surface area contributed by atoms with Gasteiger partial charge in [0.1, 0.15) is 13.1 Å². The van der Waals surface area contributed by atoms with E-state index < -0.39 is 0 Å². The van der Waals surface area contributed by atoms with Crippen LogP contribution in [0.2, 0.25) is 0 Å². The number of hydrogen-bond acceptors (Lipinski definition) is 1. The van der Waals surface area contributed by atoms with E-state index in [9.17, 15) is 0 Å². The normalized spacial score (nSPS) is 12.0. The van der Waals surface area contributed by atoms with Crippen LogP contribution in [0.4, 0.5) is 0 Å². The summed E-state index contributed by atoms with van der Waals surface area (Å²) in [6.07, 6.45) is 0. The molecule has 0 aliphatic carbocycles. The Labute approximate surface area is 70.4 Å². The van der Waals surface area contributed by atoms with Gasteiger partial charge < -0.3 is 15.1 Å². The van der Waals surface area contributed by atoms with Gasteiger partial charge in [0, 0.05) is 6.54 Å². The second kappa shape index (κ2) is 5.52. The van der Waals surface area contributed by atoms with Gasteiger partial charge in [0.25, 0.3) is 0 Å². The van der Waals surface area contributed by atoms with Gasteiger partial charge in [-0.25, -0.2) is 0 Å². The Bertz CT molecular complexity index is 81.3. The van der Waals surface area contributed by atoms with Crippen LogP contribution in [-0.2, 0) is 0 Å². The van der Waals surface area contributed by atoms with Crippen molar-refractivity contribution in [3.8, 4) is 0 Å². The highest BCUT2D eigenvalue weighted by Gasteiger charge is 2.13. The van der Waals surface area contributed by atoms with Crippen molar-refractivity contribution >= 4 is 0 Å². The predicted octanol–water partition coefficient (Wildman–Crippen LogP) is -1.52. The summed E-state index contributed by atoms with van der Waals surface area (Å²) in [5, 5.41) is 5.41. The van der Waals surface area contributed by atoms with E-state index in [0.717, 1.165) is 11.0 Å². The molecule has 0 aliphatic heterocycles. The van der Waals surface area contributed by atoms with E-state index >= 15 is 0 Å². The topological polar surface area (TPSA) is 28.6 Å². The lowest BCUT2D eigenvalue weighted by Gasteiger charge is -2.28.